The summed E-state index contributed by atoms with van der Waals surface area (Å²) in [6, 6.07) is 0. The fourth-order valence-corrected chi connectivity index (χ4v) is 9.58. The maximum Gasteiger partial charge on any atom is 0.343 e. The van der Waals surface area contributed by atoms with Crippen LogP contribution >= 0.6 is 0 Å². The molecule has 0 amide bonds. The Morgan fingerprint density at radius 1 is 0.976 bits per heavy atom. The SMILES string of the molecule is C[C@@H]1C(=O)O[C@H]2[C@H](O[C@H]3O[C@H](CO)[C@@H](O)[C@H](O)[C@H]3O)[C@@]34[C@H]5C[C@@H](C(C)(C)C)[C@@]36C(O)C(=O)O[C@H]6O[C@@]4(C(=O)O5)[C@@]12O. The minimum absolute atomic E-state index is 0.0875. The number of hydrogen-bond acceptors (Lipinski definition) is 15. The molecule has 0 bridgehead atoms. The van der Waals surface area contributed by atoms with Crippen LogP contribution in [0.5, 0.6) is 0 Å². The van der Waals surface area contributed by atoms with Crippen molar-refractivity contribution < 1.29 is 73.4 Å². The normalized spacial score (nSPS) is 58.5. The summed E-state index contributed by atoms with van der Waals surface area (Å²) in [6.45, 7) is 6.15. The maximum absolute atomic E-state index is 14.0. The van der Waals surface area contributed by atoms with E-state index in [0.717, 1.165) is 0 Å². The Morgan fingerprint density at radius 3 is 2.29 bits per heavy atom. The molecule has 5 saturated heterocycles. The van der Waals surface area contributed by atoms with Crippen LogP contribution in [0.2, 0.25) is 0 Å². The Balaban J connectivity index is 1.48. The number of hydrogen-bond donors (Lipinski definition) is 6. The highest BCUT2D eigenvalue weighted by Crippen LogP contribution is 2.85. The molecule has 7 fully saturated rings. The Kier molecular flexibility index (Phi) is 5.40. The van der Waals surface area contributed by atoms with Gasteiger partial charge in [0.1, 0.15) is 36.6 Å². The summed E-state index contributed by atoms with van der Waals surface area (Å²) in [5, 5.41) is 65.5. The Morgan fingerprint density at radius 2 is 1.66 bits per heavy atom. The summed E-state index contributed by atoms with van der Waals surface area (Å²) in [5.74, 6) is -4.98. The van der Waals surface area contributed by atoms with Gasteiger partial charge in [-0.3, -0.25) is 4.79 Å². The van der Waals surface area contributed by atoms with E-state index < -0.39 is 125 Å². The zero-order chi connectivity index (χ0) is 29.8. The van der Waals surface area contributed by atoms with Crippen molar-refractivity contribution in [2.45, 2.75) is 107 Å². The quantitative estimate of drug-likeness (QED) is 0.139. The molecular weight excluding hydrogens is 552 g/mol. The maximum atomic E-state index is 14.0. The molecule has 7 rings (SSSR count). The summed E-state index contributed by atoms with van der Waals surface area (Å²) < 4.78 is 35.3. The molecule has 0 aromatic heterocycles. The molecular formula is C26H34O15. The van der Waals surface area contributed by atoms with E-state index in [0.29, 0.717) is 0 Å². The van der Waals surface area contributed by atoms with Crippen LogP contribution in [0.15, 0.2) is 0 Å². The summed E-state index contributed by atoms with van der Waals surface area (Å²) in [5.41, 5.74) is -9.26. The largest absolute Gasteiger partial charge is 0.459 e. The topological polar surface area (TPSA) is 228 Å². The van der Waals surface area contributed by atoms with E-state index in [1.54, 1.807) is 0 Å². The molecule has 2 aliphatic carbocycles. The third-order valence-corrected chi connectivity index (χ3v) is 11.1. The number of fused-ring (bicyclic) bond motifs is 1. The summed E-state index contributed by atoms with van der Waals surface area (Å²) in [7, 11) is 0. The first-order valence-electron chi connectivity index (χ1n) is 13.7. The molecule has 6 N–H and O–H groups in total. The average Bonchev–Trinajstić information content (AvgIpc) is 3.62. The number of ether oxygens (including phenoxy) is 6. The third-order valence-electron chi connectivity index (χ3n) is 11.1. The minimum Gasteiger partial charge on any atom is -0.459 e. The van der Waals surface area contributed by atoms with E-state index in [4.69, 9.17) is 28.4 Å². The number of rotatable bonds is 3. The average molecular weight is 587 g/mol. The molecule has 41 heavy (non-hydrogen) atoms. The molecule has 1 unspecified atom stereocenters. The lowest BCUT2D eigenvalue weighted by Gasteiger charge is -2.49. The van der Waals surface area contributed by atoms with Gasteiger partial charge < -0.3 is 59.1 Å². The second-order valence-electron chi connectivity index (χ2n) is 13.5. The van der Waals surface area contributed by atoms with Crippen LogP contribution in [0.3, 0.4) is 0 Å². The molecule has 2 saturated carbocycles. The van der Waals surface area contributed by atoms with Crippen LogP contribution < -0.4 is 0 Å². The fourth-order valence-electron chi connectivity index (χ4n) is 9.58. The minimum atomic E-state index is -2.45. The van der Waals surface area contributed by atoms with Gasteiger partial charge in [0.25, 0.3) is 0 Å². The van der Waals surface area contributed by atoms with Crippen LogP contribution in [0.25, 0.3) is 0 Å². The third kappa shape index (κ3) is 2.59. The standard InChI is InChI=1S/C26H34O15/c1-7-17(32)38-16-15(39-19-13(30)12(29)11(28)8(6-27)36-19)24-10-5-9(22(2,3)4)23(24)14(31)18(33)40-21(23)41-26(24,20(34)37-10)25(7,16)35/h7-16,19,21,27-31,35H,5-6H2,1-4H3/t7-,8-,9+,10-,11-,12+,13-,14?,15+,16+,19-,21+,23+,24+,25-,26-/m1/s1. The van der Waals surface area contributed by atoms with E-state index in [2.05, 4.69) is 0 Å². The monoisotopic (exact) mass is 586 g/mol. The first-order valence-corrected chi connectivity index (χ1v) is 13.7. The van der Waals surface area contributed by atoms with Crippen molar-refractivity contribution in [3.8, 4) is 0 Å². The molecule has 5 heterocycles. The number of esters is 3. The van der Waals surface area contributed by atoms with Crippen LogP contribution in [-0.4, -0.2) is 128 Å². The lowest BCUT2D eigenvalue weighted by atomic mass is 9.51. The van der Waals surface area contributed by atoms with Gasteiger partial charge in [0.05, 0.1) is 23.4 Å². The lowest BCUT2D eigenvalue weighted by Crippen LogP contribution is -2.68. The van der Waals surface area contributed by atoms with Crippen LogP contribution in [-0.2, 0) is 42.8 Å². The molecule has 16 atom stereocenters. The molecule has 228 valence electrons. The second kappa shape index (κ2) is 7.95. The van der Waals surface area contributed by atoms with Gasteiger partial charge in [-0.2, -0.15) is 0 Å². The van der Waals surface area contributed by atoms with Crippen molar-refractivity contribution in [2.24, 2.45) is 28.1 Å². The van der Waals surface area contributed by atoms with Crippen LogP contribution in [0.1, 0.15) is 34.1 Å². The fraction of sp³-hybridized carbons (Fsp3) is 0.885. The Labute approximate surface area is 233 Å². The highest BCUT2D eigenvalue weighted by molar-refractivity contribution is 5.94. The van der Waals surface area contributed by atoms with E-state index in [1.165, 1.54) is 6.92 Å². The second-order valence-corrected chi connectivity index (χ2v) is 13.5. The van der Waals surface area contributed by atoms with Crippen molar-refractivity contribution >= 4 is 17.9 Å². The van der Waals surface area contributed by atoms with Gasteiger partial charge in [-0.05, 0) is 24.7 Å². The predicted molar refractivity (Wildman–Crippen MR) is 125 cm³/mol. The summed E-state index contributed by atoms with van der Waals surface area (Å²) >= 11 is 0. The van der Waals surface area contributed by atoms with Crippen molar-refractivity contribution in [2.75, 3.05) is 6.61 Å². The van der Waals surface area contributed by atoms with E-state index in [-0.39, 0.29) is 6.42 Å². The predicted octanol–water partition coefficient (Wildman–Crippen LogP) is -3.55. The van der Waals surface area contributed by atoms with Crippen molar-refractivity contribution in [3.05, 3.63) is 0 Å². The number of carbonyl (C=O) groups excluding carboxylic acids is 3. The molecule has 5 aliphatic heterocycles. The molecule has 7 aliphatic rings. The smallest absolute Gasteiger partial charge is 0.343 e. The number of aliphatic hydroxyl groups excluding tert-OH is 5. The van der Waals surface area contributed by atoms with Gasteiger partial charge in [-0.25, -0.2) is 9.59 Å². The summed E-state index contributed by atoms with van der Waals surface area (Å²) in [4.78, 5) is 40.0. The molecule has 0 aromatic carbocycles. The van der Waals surface area contributed by atoms with E-state index in [9.17, 15) is 45.0 Å². The highest BCUT2D eigenvalue weighted by Gasteiger charge is 3.04. The first-order chi connectivity index (χ1) is 19.1. The molecule has 0 radical (unpaired) electrons. The van der Waals surface area contributed by atoms with E-state index in [1.807, 2.05) is 20.8 Å². The van der Waals surface area contributed by atoms with Gasteiger partial charge >= 0.3 is 17.9 Å². The van der Waals surface area contributed by atoms with Gasteiger partial charge in [0.2, 0.25) is 11.9 Å². The molecule has 2 spiro atoms. The van der Waals surface area contributed by atoms with Crippen molar-refractivity contribution in [1.82, 2.24) is 0 Å². The Hall–Kier alpha value is -1.95. The zero-order valence-corrected chi connectivity index (χ0v) is 22.7. The van der Waals surface area contributed by atoms with Crippen LogP contribution in [0, 0.1) is 28.1 Å². The van der Waals surface area contributed by atoms with Gasteiger partial charge in [0, 0.05) is 0 Å². The zero-order valence-electron chi connectivity index (χ0n) is 22.7. The molecule has 15 heteroatoms. The highest BCUT2D eigenvalue weighted by atomic mass is 16.8. The van der Waals surface area contributed by atoms with Gasteiger partial charge in [-0.1, -0.05) is 20.8 Å². The number of aliphatic hydroxyl groups is 6. The molecule has 0 aromatic rings. The van der Waals surface area contributed by atoms with Gasteiger partial charge in [-0.15, -0.1) is 0 Å². The van der Waals surface area contributed by atoms with Crippen LogP contribution in [0.4, 0.5) is 0 Å². The first kappa shape index (κ1) is 27.9. The Bertz CT molecular complexity index is 1220. The van der Waals surface area contributed by atoms with Crippen molar-refractivity contribution in [1.29, 1.82) is 0 Å². The summed E-state index contributed by atoms with van der Waals surface area (Å²) in [6.07, 6.45) is -16.4. The van der Waals surface area contributed by atoms with E-state index >= 15 is 0 Å². The van der Waals surface area contributed by atoms with Crippen molar-refractivity contribution in [3.63, 3.8) is 0 Å². The number of carbonyl (C=O) groups is 3. The lowest BCUT2D eigenvalue weighted by molar-refractivity contribution is -0.331. The molecule has 15 nitrogen and oxygen atoms in total. The van der Waals surface area contributed by atoms with Gasteiger partial charge in [0.15, 0.2) is 24.1 Å².